The predicted molar refractivity (Wildman–Crippen MR) is 84.2 cm³/mol. The molecule has 0 bridgehead atoms. The van der Waals surface area contributed by atoms with Crippen LogP contribution in [0.5, 0.6) is 0 Å². The molecule has 2 aromatic carbocycles. The lowest BCUT2D eigenvalue weighted by molar-refractivity contribution is 0.0697. The van der Waals surface area contributed by atoms with E-state index >= 15 is 0 Å². The topological polar surface area (TPSA) is 118 Å². The maximum atomic E-state index is 10.4. The first-order chi connectivity index (χ1) is 10.3. The molecular formula is C14H16B2O6. The summed E-state index contributed by atoms with van der Waals surface area (Å²) in [6.07, 6.45) is 0. The Hall–Kier alpha value is -2.12. The third-order valence-electron chi connectivity index (χ3n) is 2.83. The Bertz CT molecular complexity index is 596. The van der Waals surface area contributed by atoms with E-state index in [1.165, 1.54) is 24.3 Å². The molecular weight excluding hydrogens is 286 g/mol. The molecule has 0 unspecified atom stereocenters. The fraction of sp³-hybridized carbons (Fsp3) is 0.0714. The molecule has 2 aromatic rings. The number of carboxylic acid groups (broad SMARTS) is 1. The minimum atomic E-state index is -1.55. The third kappa shape index (κ3) is 5.71. The van der Waals surface area contributed by atoms with Crippen LogP contribution in [0.1, 0.15) is 15.9 Å². The first-order valence-corrected chi connectivity index (χ1v) is 6.43. The summed E-state index contributed by atoms with van der Waals surface area (Å²) in [4.78, 5) is 10.4. The van der Waals surface area contributed by atoms with Crippen LogP contribution < -0.4 is 10.9 Å². The van der Waals surface area contributed by atoms with E-state index < -0.39 is 20.2 Å². The minimum Gasteiger partial charge on any atom is -0.478 e. The number of carbonyl (C=O) groups is 1. The second-order valence-corrected chi connectivity index (χ2v) is 4.59. The standard InChI is InChI=1S/C7H7BO4.C7H9BO2/c9-7(10)5-1-3-6(4-2-5)8(11)12;1-6-2-4-7(5-3-6)8(9)10/h1-4,11-12H,(H,9,10);2-5,9-10H,1H3. The lowest BCUT2D eigenvalue weighted by Crippen LogP contribution is -2.29. The molecule has 0 radical (unpaired) electrons. The van der Waals surface area contributed by atoms with Gasteiger partial charge in [0.15, 0.2) is 0 Å². The molecule has 114 valence electrons. The number of hydrogen-bond acceptors (Lipinski definition) is 5. The molecule has 5 N–H and O–H groups in total. The summed E-state index contributed by atoms with van der Waals surface area (Å²) in [7, 11) is -2.89. The average molecular weight is 302 g/mol. The molecule has 0 saturated carbocycles. The Morgan fingerprint density at radius 1 is 0.773 bits per heavy atom. The maximum Gasteiger partial charge on any atom is 0.488 e. The number of benzene rings is 2. The van der Waals surface area contributed by atoms with E-state index in [4.69, 9.17) is 25.2 Å². The Morgan fingerprint density at radius 3 is 1.45 bits per heavy atom. The van der Waals surface area contributed by atoms with Crippen molar-refractivity contribution in [1.82, 2.24) is 0 Å². The summed E-state index contributed by atoms with van der Waals surface area (Å²) in [5.41, 5.74) is 2.05. The quantitative estimate of drug-likeness (QED) is 0.452. The minimum absolute atomic E-state index is 0.124. The van der Waals surface area contributed by atoms with E-state index in [-0.39, 0.29) is 11.0 Å². The summed E-state index contributed by atoms with van der Waals surface area (Å²) in [6.45, 7) is 1.95. The fourth-order valence-electron chi connectivity index (χ4n) is 1.54. The van der Waals surface area contributed by atoms with E-state index in [0.29, 0.717) is 5.46 Å². The van der Waals surface area contributed by atoms with Gasteiger partial charge >= 0.3 is 20.2 Å². The average Bonchev–Trinajstić information content (AvgIpc) is 2.48. The van der Waals surface area contributed by atoms with Crippen LogP contribution in [-0.4, -0.2) is 45.4 Å². The lowest BCUT2D eigenvalue weighted by Gasteiger charge is -1.98. The molecule has 0 heterocycles. The van der Waals surface area contributed by atoms with Gasteiger partial charge in [-0.05, 0) is 30.0 Å². The van der Waals surface area contributed by atoms with Gasteiger partial charge in [-0.3, -0.25) is 0 Å². The molecule has 0 atom stereocenters. The van der Waals surface area contributed by atoms with Gasteiger partial charge in [-0.25, -0.2) is 4.79 Å². The smallest absolute Gasteiger partial charge is 0.478 e. The molecule has 0 spiro atoms. The Balaban J connectivity index is 0.000000224. The monoisotopic (exact) mass is 302 g/mol. The van der Waals surface area contributed by atoms with Gasteiger partial charge in [0.25, 0.3) is 0 Å². The molecule has 22 heavy (non-hydrogen) atoms. The molecule has 6 nitrogen and oxygen atoms in total. The molecule has 0 aromatic heterocycles. The van der Waals surface area contributed by atoms with Crippen molar-refractivity contribution < 1.29 is 30.0 Å². The summed E-state index contributed by atoms with van der Waals surface area (Å²) in [5.74, 6) is -1.03. The van der Waals surface area contributed by atoms with Gasteiger partial charge in [0.2, 0.25) is 0 Å². The van der Waals surface area contributed by atoms with Crippen molar-refractivity contribution in [2.45, 2.75) is 6.92 Å². The fourth-order valence-corrected chi connectivity index (χ4v) is 1.54. The van der Waals surface area contributed by atoms with Crippen LogP contribution in [0.15, 0.2) is 48.5 Å². The van der Waals surface area contributed by atoms with Crippen LogP contribution in [0.3, 0.4) is 0 Å². The summed E-state index contributed by atoms with van der Waals surface area (Å²) in [6, 6.07) is 12.4. The van der Waals surface area contributed by atoms with Crippen LogP contribution >= 0.6 is 0 Å². The number of hydrogen-bond donors (Lipinski definition) is 5. The zero-order valence-corrected chi connectivity index (χ0v) is 11.9. The zero-order chi connectivity index (χ0) is 16.7. The molecule has 0 aliphatic rings. The van der Waals surface area contributed by atoms with E-state index in [9.17, 15) is 4.79 Å². The second kappa shape index (κ2) is 8.35. The Labute approximate surface area is 128 Å². The molecule has 8 heteroatoms. The largest absolute Gasteiger partial charge is 0.488 e. The van der Waals surface area contributed by atoms with E-state index in [2.05, 4.69) is 0 Å². The van der Waals surface area contributed by atoms with Crippen molar-refractivity contribution in [2.24, 2.45) is 0 Å². The van der Waals surface area contributed by atoms with Gasteiger partial charge in [-0.15, -0.1) is 0 Å². The normalized spacial score (nSPS) is 9.50. The van der Waals surface area contributed by atoms with Crippen LogP contribution in [0.25, 0.3) is 0 Å². The Morgan fingerprint density at radius 2 is 1.14 bits per heavy atom. The third-order valence-corrected chi connectivity index (χ3v) is 2.83. The number of carboxylic acids is 1. The molecule has 0 aliphatic carbocycles. The van der Waals surface area contributed by atoms with Crippen molar-refractivity contribution in [2.75, 3.05) is 0 Å². The van der Waals surface area contributed by atoms with Gasteiger partial charge in [-0.1, -0.05) is 42.0 Å². The van der Waals surface area contributed by atoms with Crippen molar-refractivity contribution >= 4 is 31.1 Å². The molecule has 0 amide bonds. The van der Waals surface area contributed by atoms with Crippen LogP contribution in [0.4, 0.5) is 0 Å². The van der Waals surface area contributed by atoms with Gasteiger partial charge in [-0.2, -0.15) is 0 Å². The van der Waals surface area contributed by atoms with Crippen molar-refractivity contribution in [1.29, 1.82) is 0 Å². The summed E-state index contributed by atoms with van der Waals surface area (Å²) >= 11 is 0. The van der Waals surface area contributed by atoms with Crippen molar-refractivity contribution in [3.05, 3.63) is 59.7 Å². The van der Waals surface area contributed by atoms with Gasteiger partial charge < -0.3 is 25.2 Å². The van der Waals surface area contributed by atoms with Gasteiger partial charge in [0.1, 0.15) is 0 Å². The number of aryl methyl sites for hydroxylation is 1. The van der Waals surface area contributed by atoms with Crippen LogP contribution in [0.2, 0.25) is 0 Å². The summed E-state index contributed by atoms with van der Waals surface area (Å²) < 4.78 is 0. The van der Waals surface area contributed by atoms with Crippen LogP contribution in [-0.2, 0) is 0 Å². The van der Waals surface area contributed by atoms with E-state index in [1.54, 1.807) is 12.1 Å². The van der Waals surface area contributed by atoms with Gasteiger partial charge in [0.05, 0.1) is 5.56 Å². The van der Waals surface area contributed by atoms with E-state index in [0.717, 1.165) is 5.56 Å². The SMILES string of the molecule is Cc1ccc(B(O)O)cc1.O=C(O)c1ccc(B(O)O)cc1. The van der Waals surface area contributed by atoms with Crippen molar-refractivity contribution in [3.63, 3.8) is 0 Å². The maximum absolute atomic E-state index is 10.4. The van der Waals surface area contributed by atoms with Crippen LogP contribution in [0, 0.1) is 6.92 Å². The highest BCUT2D eigenvalue weighted by molar-refractivity contribution is 6.58. The van der Waals surface area contributed by atoms with Gasteiger partial charge in [0, 0.05) is 0 Å². The lowest BCUT2D eigenvalue weighted by atomic mass is 9.80. The highest BCUT2D eigenvalue weighted by Gasteiger charge is 2.11. The second-order valence-electron chi connectivity index (χ2n) is 4.59. The highest BCUT2D eigenvalue weighted by Crippen LogP contribution is 1.96. The predicted octanol–water partition coefficient (Wildman–Crippen LogP) is -1.26. The zero-order valence-electron chi connectivity index (χ0n) is 11.9. The summed E-state index contributed by atoms with van der Waals surface area (Å²) in [5, 5.41) is 43.2. The molecule has 0 aliphatic heterocycles. The molecule has 0 saturated heterocycles. The molecule has 2 rings (SSSR count). The first-order valence-electron chi connectivity index (χ1n) is 6.43. The number of aromatic carboxylic acids is 1. The van der Waals surface area contributed by atoms with E-state index in [1.807, 2.05) is 19.1 Å². The van der Waals surface area contributed by atoms with Crippen molar-refractivity contribution in [3.8, 4) is 0 Å². The number of rotatable bonds is 3. The molecule has 0 fully saturated rings. The first kappa shape index (κ1) is 17.9. The highest BCUT2D eigenvalue weighted by atomic mass is 16.4. The Kier molecular flexibility index (Phi) is 6.81.